The number of aromatic amines is 1. The van der Waals surface area contributed by atoms with Gasteiger partial charge in [-0.1, -0.05) is 5.16 Å². The second-order valence-electron chi connectivity index (χ2n) is 4.59. The lowest BCUT2D eigenvalue weighted by Gasteiger charge is -1.99. The first-order valence-electron chi connectivity index (χ1n) is 6.07. The Morgan fingerprint density at radius 2 is 2.15 bits per heavy atom. The minimum absolute atomic E-state index is 0.335. The van der Waals surface area contributed by atoms with Crippen molar-refractivity contribution in [1.29, 1.82) is 0 Å². The van der Waals surface area contributed by atoms with Crippen molar-refractivity contribution in [3.05, 3.63) is 47.1 Å². The number of H-pyrrole nitrogens is 1. The minimum atomic E-state index is -0.340. The number of anilines is 1. The molecule has 1 amide bonds. The molecule has 20 heavy (non-hydrogen) atoms. The number of hydrogen-bond acceptors (Lipinski definition) is 3. The molecule has 0 saturated carbocycles. The number of rotatable bonds is 2. The van der Waals surface area contributed by atoms with Crippen LogP contribution in [0.4, 0.5) is 10.2 Å². The minimum Gasteiger partial charge on any atom is -0.360 e. The molecular weight excluding hydrogens is 261 g/mol. The molecule has 2 heterocycles. The van der Waals surface area contributed by atoms with Crippen LogP contribution < -0.4 is 5.32 Å². The van der Waals surface area contributed by atoms with Gasteiger partial charge in [-0.2, -0.15) is 0 Å². The fourth-order valence-corrected chi connectivity index (χ4v) is 2.13. The lowest BCUT2D eigenvalue weighted by Crippen LogP contribution is -2.13. The summed E-state index contributed by atoms with van der Waals surface area (Å²) < 4.78 is 18.1. The molecule has 0 aliphatic heterocycles. The Balaban J connectivity index is 1.97. The zero-order valence-corrected chi connectivity index (χ0v) is 11.0. The SMILES string of the molecule is Cc1cc(NC(=O)c2[nH]c3ccc(F)cc3c2C)no1. The van der Waals surface area contributed by atoms with Gasteiger partial charge in [-0.05, 0) is 37.6 Å². The molecular formula is C14H12FN3O2. The van der Waals surface area contributed by atoms with Crippen molar-refractivity contribution in [3.8, 4) is 0 Å². The summed E-state index contributed by atoms with van der Waals surface area (Å²) in [6.45, 7) is 3.50. The first kappa shape index (κ1) is 12.4. The van der Waals surface area contributed by atoms with E-state index in [-0.39, 0.29) is 11.7 Å². The molecule has 2 aromatic heterocycles. The number of amides is 1. The van der Waals surface area contributed by atoms with Crippen LogP contribution in [0.25, 0.3) is 10.9 Å². The summed E-state index contributed by atoms with van der Waals surface area (Å²) in [5, 5.41) is 7.01. The Morgan fingerprint density at radius 1 is 1.35 bits per heavy atom. The highest BCUT2D eigenvalue weighted by Crippen LogP contribution is 2.23. The molecule has 0 bridgehead atoms. The molecule has 3 aromatic rings. The number of benzene rings is 1. The van der Waals surface area contributed by atoms with E-state index in [0.29, 0.717) is 33.7 Å². The number of fused-ring (bicyclic) bond motifs is 1. The van der Waals surface area contributed by atoms with Gasteiger partial charge in [0.05, 0.1) is 0 Å². The van der Waals surface area contributed by atoms with Crippen molar-refractivity contribution < 1.29 is 13.7 Å². The third-order valence-electron chi connectivity index (χ3n) is 3.12. The van der Waals surface area contributed by atoms with Crippen LogP contribution in [0.3, 0.4) is 0 Å². The largest absolute Gasteiger partial charge is 0.360 e. The lowest BCUT2D eigenvalue weighted by atomic mass is 10.1. The summed E-state index contributed by atoms with van der Waals surface area (Å²) in [4.78, 5) is 15.2. The van der Waals surface area contributed by atoms with Gasteiger partial charge in [-0.25, -0.2) is 4.39 Å². The van der Waals surface area contributed by atoms with Crippen LogP contribution in [0, 0.1) is 19.7 Å². The predicted molar refractivity (Wildman–Crippen MR) is 72.2 cm³/mol. The van der Waals surface area contributed by atoms with E-state index >= 15 is 0 Å². The molecule has 5 nitrogen and oxygen atoms in total. The Bertz CT molecular complexity index is 804. The molecule has 0 aliphatic carbocycles. The van der Waals surface area contributed by atoms with E-state index in [1.807, 2.05) is 0 Å². The molecule has 0 radical (unpaired) electrons. The zero-order chi connectivity index (χ0) is 14.3. The van der Waals surface area contributed by atoms with Crippen molar-refractivity contribution in [2.24, 2.45) is 0 Å². The summed E-state index contributed by atoms with van der Waals surface area (Å²) in [5.41, 5.74) is 1.79. The van der Waals surface area contributed by atoms with Gasteiger partial charge >= 0.3 is 0 Å². The van der Waals surface area contributed by atoms with Gasteiger partial charge in [0.15, 0.2) is 5.82 Å². The predicted octanol–water partition coefficient (Wildman–Crippen LogP) is 3.16. The van der Waals surface area contributed by atoms with E-state index in [0.717, 1.165) is 0 Å². The number of carbonyl (C=O) groups is 1. The summed E-state index contributed by atoms with van der Waals surface area (Å²) in [7, 11) is 0. The Labute approximate surface area is 113 Å². The van der Waals surface area contributed by atoms with Crippen LogP contribution in [0.5, 0.6) is 0 Å². The summed E-state index contributed by atoms with van der Waals surface area (Å²) in [6, 6.07) is 5.98. The fraction of sp³-hybridized carbons (Fsp3) is 0.143. The van der Waals surface area contributed by atoms with Crippen LogP contribution in [-0.4, -0.2) is 16.0 Å². The average molecular weight is 273 g/mol. The highest BCUT2D eigenvalue weighted by molar-refractivity contribution is 6.07. The smallest absolute Gasteiger partial charge is 0.273 e. The number of aryl methyl sites for hydroxylation is 2. The number of halogens is 1. The molecule has 0 fully saturated rings. The molecule has 102 valence electrons. The Morgan fingerprint density at radius 3 is 2.85 bits per heavy atom. The van der Waals surface area contributed by atoms with Crippen LogP contribution in [-0.2, 0) is 0 Å². The molecule has 3 rings (SSSR count). The van der Waals surface area contributed by atoms with Crippen LogP contribution in [0.15, 0.2) is 28.8 Å². The molecule has 0 aliphatic rings. The standard InChI is InChI=1S/C14H12FN3O2/c1-7-5-12(18-20-7)17-14(19)13-8(2)10-6-9(15)3-4-11(10)16-13/h3-6,16H,1-2H3,(H,17,18,19). The van der Waals surface area contributed by atoms with E-state index in [1.54, 1.807) is 26.0 Å². The normalized spacial score (nSPS) is 10.9. The Hall–Kier alpha value is -2.63. The number of carbonyl (C=O) groups excluding carboxylic acids is 1. The first-order chi connectivity index (χ1) is 9.54. The van der Waals surface area contributed by atoms with Crippen molar-refractivity contribution in [3.63, 3.8) is 0 Å². The zero-order valence-electron chi connectivity index (χ0n) is 11.0. The number of hydrogen-bond donors (Lipinski definition) is 2. The maximum absolute atomic E-state index is 13.2. The van der Waals surface area contributed by atoms with Gasteiger partial charge in [-0.15, -0.1) is 0 Å². The van der Waals surface area contributed by atoms with Crippen molar-refractivity contribution >= 4 is 22.6 Å². The van der Waals surface area contributed by atoms with E-state index in [2.05, 4.69) is 15.5 Å². The van der Waals surface area contributed by atoms with E-state index in [4.69, 9.17) is 4.52 Å². The van der Waals surface area contributed by atoms with E-state index < -0.39 is 0 Å². The van der Waals surface area contributed by atoms with Gasteiger partial charge in [0, 0.05) is 17.0 Å². The second-order valence-corrected chi connectivity index (χ2v) is 4.59. The second kappa shape index (κ2) is 4.48. The molecule has 1 aromatic carbocycles. The summed E-state index contributed by atoms with van der Waals surface area (Å²) >= 11 is 0. The van der Waals surface area contributed by atoms with Gasteiger partial charge in [-0.3, -0.25) is 4.79 Å². The summed E-state index contributed by atoms with van der Waals surface area (Å²) in [6.07, 6.45) is 0. The number of aromatic nitrogens is 2. The van der Waals surface area contributed by atoms with Crippen LogP contribution in [0.2, 0.25) is 0 Å². The lowest BCUT2D eigenvalue weighted by molar-refractivity contribution is 0.102. The highest BCUT2D eigenvalue weighted by Gasteiger charge is 2.16. The van der Waals surface area contributed by atoms with Crippen molar-refractivity contribution in [1.82, 2.24) is 10.1 Å². The Kier molecular flexibility index (Phi) is 2.78. The first-order valence-corrected chi connectivity index (χ1v) is 6.07. The average Bonchev–Trinajstić information content (AvgIpc) is 2.94. The number of nitrogens with one attached hydrogen (secondary N) is 2. The molecule has 0 unspecified atom stereocenters. The van der Waals surface area contributed by atoms with Crippen molar-refractivity contribution in [2.45, 2.75) is 13.8 Å². The third-order valence-corrected chi connectivity index (χ3v) is 3.12. The highest BCUT2D eigenvalue weighted by atomic mass is 19.1. The van der Waals surface area contributed by atoms with Crippen LogP contribution >= 0.6 is 0 Å². The fourth-order valence-electron chi connectivity index (χ4n) is 2.13. The van der Waals surface area contributed by atoms with Gasteiger partial charge in [0.2, 0.25) is 0 Å². The maximum Gasteiger partial charge on any atom is 0.273 e. The molecule has 2 N–H and O–H groups in total. The van der Waals surface area contributed by atoms with Gasteiger partial charge in [0.1, 0.15) is 17.3 Å². The van der Waals surface area contributed by atoms with E-state index in [1.165, 1.54) is 12.1 Å². The monoisotopic (exact) mass is 273 g/mol. The maximum atomic E-state index is 13.2. The molecule has 0 atom stereocenters. The summed E-state index contributed by atoms with van der Waals surface area (Å²) in [5.74, 6) is 0.276. The van der Waals surface area contributed by atoms with Crippen molar-refractivity contribution in [2.75, 3.05) is 5.32 Å². The van der Waals surface area contributed by atoms with E-state index in [9.17, 15) is 9.18 Å². The van der Waals surface area contributed by atoms with Crippen LogP contribution in [0.1, 0.15) is 21.8 Å². The van der Waals surface area contributed by atoms with Gasteiger partial charge in [0.25, 0.3) is 5.91 Å². The quantitative estimate of drug-likeness (QED) is 0.753. The number of nitrogens with zero attached hydrogens (tertiary/aromatic N) is 1. The molecule has 0 saturated heterocycles. The topological polar surface area (TPSA) is 70.9 Å². The molecule has 6 heteroatoms. The molecule has 0 spiro atoms. The third kappa shape index (κ3) is 2.05. The van der Waals surface area contributed by atoms with Gasteiger partial charge < -0.3 is 14.8 Å².